The van der Waals surface area contributed by atoms with Crippen molar-refractivity contribution in [2.75, 3.05) is 14.2 Å². The van der Waals surface area contributed by atoms with E-state index in [4.69, 9.17) is 15.2 Å². The Balaban J connectivity index is 2.22. The number of carbonyl (C=O) groups is 1. The number of benzene rings is 1. The molecule has 0 aliphatic heterocycles. The lowest BCUT2D eigenvalue weighted by Crippen LogP contribution is -2.10. The molecule has 0 unspecified atom stereocenters. The molecule has 0 aliphatic rings. The van der Waals surface area contributed by atoms with Gasteiger partial charge in [-0.15, -0.1) is 0 Å². The topological polar surface area (TPSA) is 79.4 Å². The summed E-state index contributed by atoms with van der Waals surface area (Å²) in [6, 6.07) is 6.26. The summed E-state index contributed by atoms with van der Waals surface area (Å²) < 4.78 is 12.5. The normalized spacial score (nSPS) is 10.7. The van der Waals surface area contributed by atoms with Crippen LogP contribution in [0.5, 0.6) is 11.8 Å². The number of nitrogens with zero attached hydrogens (tertiary/aromatic N) is 2. The van der Waals surface area contributed by atoms with E-state index in [1.54, 1.807) is 14.2 Å². The number of unbranched alkanes of at least 4 members (excludes halogenated alkanes) is 1. The van der Waals surface area contributed by atoms with Gasteiger partial charge in [0.05, 0.1) is 25.3 Å². The summed E-state index contributed by atoms with van der Waals surface area (Å²) in [5.74, 6) is 0.507. The Morgan fingerprint density at radius 3 is 2.75 bits per heavy atom. The minimum Gasteiger partial charge on any atom is -0.497 e. The summed E-state index contributed by atoms with van der Waals surface area (Å²) in [4.78, 5) is 15.2. The Labute approximate surface area is 117 Å². The number of rotatable bonds is 7. The first-order valence-corrected chi connectivity index (χ1v) is 6.52. The molecule has 2 rings (SSSR count). The van der Waals surface area contributed by atoms with Crippen molar-refractivity contribution in [1.82, 2.24) is 9.55 Å². The summed E-state index contributed by atoms with van der Waals surface area (Å²) >= 11 is 0. The monoisotopic (exact) mass is 277 g/mol. The Morgan fingerprint density at radius 1 is 1.30 bits per heavy atom. The summed E-state index contributed by atoms with van der Waals surface area (Å²) in [6.07, 6.45) is 1.99. The van der Waals surface area contributed by atoms with Gasteiger partial charge < -0.3 is 15.2 Å². The highest BCUT2D eigenvalue weighted by atomic mass is 16.5. The number of carbonyl (C=O) groups excluding carboxylic acids is 1. The second-order valence-electron chi connectivity index (χ2n) is 4.53. The Bertz CT molecular complexity index is 607. The quantitative estimate of drug-likeness (QED) is 0.781. The van der Waals surface area contributed by atoms with Crippen LogP contribution < -0.4 is 15.2 Å². The molecule has 2 aromatic rings. The maximum atomic E-state index is 10.7. The zero-order chi connectivity index (χ0) is 14.5. The SMILES string of the molecule is COc1ccc2nc(OC)n(CCCCC(N)=O)c2c1. The molecule has 20 heavy (non-hydrogen) atoms. The number of fused-ring (bicyclic) bond motifs is 1. The zero-order valence-corrected chi connectivity index (χ0v) is 11.8. The van der Waals surface area contributed by atoms with Crippen molar-refractivity contribution in [3.8, 4) is 11.8 Å². The maximum Gasteiger partial charge on any atom is 0.297 e. The van der Waals surface area contributed by atoms with Gasteiger partial charge in [0, 0.05) is 19.0 Å². The van der Waals surface area contributed by atoms with Gasteiger partial charge in [-0.1, -0.05) is 0 Å². The summed E-state index contributed by atoms with van der Waals surface area (Å²) in [6.45, 7) is 0.722. The molecule has 0 fully saturated rings. The lowest BCUT2D eigenvalue weighted by atomic mass is 10.2. The molecule has 0 bridgehead atoms. The molecule has 1 aromatic carbocycles. The van der Waals surface area contributed by atoms with E-state index >= 15 is 0 Å². The van der Waals surface area contributed by atoms with E-state index in [9.17, 15) is 4.79 Å². The van der Waals surface area contributed by atoms with Crippen molar-refractivity contribution >= 4 is 16.9 Å². The molecule has 0 spiro atoms. The molecular weight excluding hydrogens is 258 g/mol. The fraction of sp³-hybridized carbons (Fsp3) is 0.429. The van der Waals surface area contributed by atoms with Gasteiger partial charge in [-0.2, -0.15) is 4.98 Å². The molecule has 0 atom stereocenters. The van der Waals surface area contributed by atoms with E-state index in [2.05, 4.69) is 4.98 Å². The van der Waals surface area contributed by atoms with Crippen molar-refractivity contribution in [2.24, 2.45) is 5.73 Å². The number of ether oxygens (including phenoxy) is 2. The van der Waals surface area contributed by atoms with E-state index in [1.165, 1.54) is 0 Å². The van der Waals surface area contributed by atoms with Gasteiger partial charge in [-0.25, -0.2) is 0 Å². The van der Waals surface area contributed by atoms with E-state index in [0.29, 0.717) is 12.4 Å². The molecule has 2 N–H and O–H groups in total. The van der Waals surface area contributed by atoms with Gasteiger partial charge in [0.1, 0.15) is 5.75 Å². The van der Waals surface area contributed by atoms with Crippen LogP contribution in [0.3, 0.4) is 0 Å². The Morgan fingerprint density at radius 2 is 2.10 bits per heavy atom. The maximum absolute atomic E-state index is 10.7. The van der Waals surface area contributed by atoms with Gasteiger partial charge in [-0.3, -0.25) is 9.36 Å². The average molecular weight is 277 g/mol. The largest absolute Gasteiger partial charge is 0.497 e. The molecule has 1 aromatic heterocycles. The van der Waals surface area contributed by atoms with Crippen LogP contribution in [0.2, 0.25) is 0 Å². The number of imidazole rings is 1. The molecule has 1 heterocycles. The highest BCUT2D eigenvalue weighted by Gasteiger charge is 2.11. The first-order chi connectivity index (χ1) is 9.65. The lowest BCUT2D eigenvalue weighted by molar-refractivity contribution is -0.118. The molecule has 0 saturated carbocycles. The first-order valence-electron chi connectivity index (χ1n) is 6.52. The molecule has 0 aliphatic carbocycles. The number of methoxy groups -OCH3 is 2. The van der Waals surface area contributed by atoms with Crippen molar-refractivity contribution < 1.29 is 14.3 Å². The number of hydrogen-bond acceptors (Lipinski definition) is 4. The van der Waals surface area contributed by atoms with E-state index in [0.717, 1.165) is 36.2 Å². The van der Waals surface area contributed by atoms with Gasteiger partial charge in [0.25, 0.3) is 6.01 Å². The van der Waals surface area contributed by atoms with Gasteiger partial charge >= 0.3 is 0 Å². The predicted molar refractivity (Wildman–Crippen MR) is 75.9 cm³/mol. The minimum atomic E-state index is -0.269. The van der Waals surface area contributed by atoms with Crippen molar-refractivity contribution in [3.05, 3.63) is 18.2 Å². The average Bonchev–Trinajstić information content (AvgIpc) is 2.80. The minimum absolute atomic E-state index is 0.269. The third-order valence-electron chi connectivity index (χ3n) is 3.16. The van der Waals surface area contributed by atoms with Crippen LogP contribution >= 0.6 is 0 Å². The number of aromatic nitrogens is 2. The van der Waals surface area contributed by atoms with E-state index < -0.39 is 0 Å². The van der Waals surface area contributed by atoms with E-state index in [1.807, 2.05) is 22.8 Å². The molecule has 1 amide bonds. The Kier molecular flexibility index (Phi) is 4.45. The number of amides is 1. The zero-order valence-electron chi connectivity index (χ0n) is 11.8. The van der Waals surface area contributed by atoms with Crippen molar-refractivity contribution in [2.45, 2.75) is 25.8 Å². The standard InChI is InChI=1S/C14H19N3O3/c1-19-10-6-7-11-12(9-10)17(14(16-11)20-2)8-4-3-5-13(15)18/h6-7,9H,3-5,8H2,1-2H3,(H2,15,18). The molecule has 6 nitrogen and oxygen atoms in total. The number of primary amides is 1. The van der Waals surface area contributed by atoms with Crippen LogP contribution in [-0.2, 0) is 11.3 Å². The second kappa shape index (κ2) is 6.27. The second-order valence-corrected chi connectivity index (χ2v) is 4.53. The van der Waals surface area contributed by atoms with Gasteiger partial charge in [0.15, 0.2) is 0 Å². The summed E-state index contributed by atoms with van der Waals surface area (Å²) in [7, 11) is 3.23. The smallest absolute Gasteiger partial charge is 0.297 e. The van der Waals surface area contributed by atoms with Crippen LogP contribution in [0.15, 0.2) is 18.2 Å². The summed E-state index contributed by atoms with van der Waals surface area (Å²) in [5.41, 5.74) is 6.95. The van der Waals surface area contributed by atoms with Crippen LogP contribution in [0.1, 0.15) is 19.3 Å². The number of nitrogens with two attached hydrogens (primary N) is 1. The summed E-state index contributed by atoms with van der Waals surface area (Å²) in [5, 5.41) is 0. The van der Waals surface area contributed by atoms with Gasteiger partial charge in [0.2, 0.25) is 5.91 Å². The highest BCUT2D eigenvalue weighted by molar-refractivity contribution is 5.78. The lowest BCUT2D eigenvalue weighted by Gasteiger charge is -2.08. The molecular formula is C14H19N3O3. The Hall–Kier alpha value is -2.24. The fourth-order valence-corrected chi connectivity index (χ4v) is 2.15. The number of aryl methyl sites for hydroxylation is 1. The molecule has 0 saturated heterocycles. The predicted octanol–water partition coefficient (Wildman–Crippen LogP) is 1.71. The van der Waals surface area contributed by atoms with Crippen LogP contribution in [0.25, 0.3) is 11.0 Å². The van der Waals surface area contributed by atoms with Crippen molar-refractivity contribution in [3.63, 3.8) is 0 Å². The van der Waals surface area contributed by atoms with E-state index in [-0.39, 0.29) is 5.91 Å². The number of hydrogen-bond donors (Lipinski definition) is 1. The molecule has 0 radical (unpaired) electrons. The van der Waals surface area contributed by atoms with Crippen LogP contribution in [-0.4, -0.2) is 29.7 Å². The third-order valence-corrected chi connectivity index (χ3v) is 3.16. The fourth-order valence-electron chi connectivity index (χ4n) is 2.15. The third kappa shape index (κ3) is 3.01. The first kappa shape index (κ1) is 14.2. The van der Waals surface area contributed by atoms with Crippen molar-refractivity contribution in [1.29, 1.82) is 0 Å². The molecule has 108 valence electrons. The highest BCUT2D eigenvalue weighted by Crippen LogP contribution is 2.25. The van der Waals surface area contributed by atoms with Crippen LogP contribution in [0, 0.1) is 0 Å². The van der Waals surface area contributed by atoms with Crippen LogP contribution in [0.4, 0.5) is 0 Å². The molecule has 6 heteroatoms. The van der Waals surface area contributed by atoms with Gasteiger partial charge in [-0.05, 0) is 25.0 Å².